The molecule has 2 aromatic rings. The van der Waals surface area contributed by atoms with Crippen LogP contribution in [0.1, 0.15) is 69.6 Å². The molecule has 2 nitrogen and oxygen atoms in total. The van der Waals surface area contributed by atoms with E-state index in [0.29, 0.717) is 29.3 Å². The summed E-state index contributed by atoms with van der Waals surface area (Å²) in [7, 11) is 0. The van der Waals surface area contributed by atoms with Crippen LogP contribution in [0.15, 0.2) is 42.5 Å². The van der Waals surface area contributed by atoms with Gasteiger partial charge in [-0.05, 0) is 89.8 Å². The van der Waals surface area contributed by atoms with Crippen LogP contribution in [-0.2, 0) is 11.8 Å². The van der Waals surface area contributed by atoms with Gasteiger partial charge in [-0.25, -0.2) is 0 Å². The van der Waals surface area contributed by atoms with Gasteiger partial charge in [0.2, 0.25) is 0 Å². The van der Waals surface area contributed by atoms with Crippen molar-refractivity contribution in [3.63, 3.8) is 0 Å². The van der Waals surface area contributed by atoms with Crippen LogP contribution in [-0.4, -0.2) is 10.2 Å². The predicted molar refractivity (Wildman–Crippen MR) is 108 cm³/mol. The molecule has 3 unspecified atom stereocenters. The number of benzene rings is 2. The molecule has 0 saturated heterocycles. The zero-order valence-corrected chi connectivity index (χ0v) is 16.5. The fraction of sp³-hybridized carbons (Fsp3) is 0.500. The number of aryl methyl sites for hydroxylation is 1. The fourth-order valence-electron chi connectivity index (χ4n) is 5.24. The van der Waals surface area contributed by atoms with Crippen molar-refractivity contribution in [2.45, 2.75) is 64.7 Å². The standard InChI is InChI=1S/C24H32O2/c1-16(2)14-17(3)23-22-12-11-21(26)15-18(22)6-5-13-24(23,4)19-7-9-20(25)10-8-19/h7-12,15-17,23,25-26H,5-6,13-14H2,1-4H3. The molecule has 1 aliphatic carbocycles. The van der Waals surface area contributed by atoms with Gasteiger partial charge in [0.05, 0.1) is 0 Å². The smallest absolute Gasteiger partial charge is 0.115 e. The highest BCUT2D eigenvalue weighted by Gasteiger charge is 2.42. The van der Waals surface area contributed by atoms with Crippen LogP contribution in [0.2, 0.25) is 0 Å². The minimum Gasteiger partial charge on any atom is -0.508 e. The molecule has 0 fully saturated rings. The maximum Gasteiger partial charge on any atom is 0.115 e. The summed E-state index contributed by atoms with van der Waals surface area (Å²) in [5, 5.41) is 19.7. The molecular weight excluding hydrogens is 320 g/mol. The van der Waals surface area contributed by atoms with Crippen molar-refractivity contribution in [1.29, 1.82) is 0 Å². The summed E-state index contributed by atoms with van der Waals surface area (Å²) in [5.41, 5.74) is 4.01. The van der Waals surface area contributed by atoms with Gasteiger partial charge in [-0.15, -0.1) is 0 Å². The zero-order valence-electron chi connectivity index (χ0n) is 16.5. The highest BCUT2D eigenvalue weighted by Crippen LogP contribution is 2.51. The Morgan fingerprint density at radius 1 is 1.00 bits per heavy atom. The van der Waals surface area contributed by atoms with E-state index in [2.05, 4.69) is 45.9 Å². The topological polar surface area (TPSA) is 40.5 Å². The first-order valence-corrected chi connectivity index (χ1v) is 9.92. The first-order chi connectivity index (χ1) is 12.3. The van der Waals surface area contributed by atoms with Gasteiger partial charge in [-0.3, -0.25) is 0 Å². The van der Waals surface area contributed by atoms with E-state index in [4.69, 9.17) is 0 Å². The molecule has 0 amide bonds. The Bertz CT molecular complexity index is 747. The van der Waals surface area contributed by atoms with Crippen LogP contribution in [0.25, 0.3) is 0 Å². The van der Waals surface area contributed by atoms with Gasteiger partial charge in [0.15, 0.2) is 0 Å². The summed E-state index contributed by atoms with van der Waals surface area (Å²) in [6, 6.07) is 13.8. The van der Waals surface area contributed by atoms with E-state index in [0.717, 1.165) is 19.3 Å². The molecule has 140 valence electrons. The minimum atomic E-state index is 0.0181. The molecule has 1 aliphatic rings. The second-order valence-electron chi connectivity index (χ2n) is 8.79. The molecule has 2 N–H and O–H groups in total. The second kappa shape index (κ2) is 7.34. The number of hydrogen-bond acceptors (Lipinski definition) is 2. The molecule has 0 aromatic heterocycles. The van der Waals surface area contributed by atoms with Crippen molar-refractivity contribution < 1.29 is 10.2 Å². The molecule has 0 bridgehead atoms. The Morgan fingerprint density at radius 2 is 1.65 bits per heavy atom. The van der Waals surface area contributed by atoms with Crippen LogP contribution < -0.4 is 0 Å². The van der Waals surface area contributed by atoms with Gasteiger partial charge in [0.1, 0.15) is 11.5 Å². The monoisotopic (exact) mass is 352 g/mol. The zero-order chi connectivity index (χ0) is 18.9. The molecule has 2 aromatic carbocycles. The highest BCUT2D eigenvalue weighted by atomic mass is 16.3. The molecule has 0 saturated carbocycles. The molecule has 0 spiro atoms. The Balaban J connectivity index is 2.14. The third-order valence-corrected chi connectivity index (χ3v) is 6.23. The number of fused-ring (bicyclic) bond motifs is 1. The van der Waals surface area contributed by atoms with Gasteiger partial charge >= 0.3 is 0 Å². The third-order valence-electron chi connectivity index (χ3n) is 6.23. The quantitative estimate of drug-likeness (QED) is 0.647. The number of rotatable bonds is 4. The van der Waals surface area contributed by atoms with Crippen LogP contribution in [0.3, 0.4) is 0 Å². The normalized spacial score (nSPS) is 24.1. The summed E-state index contributed by atoms with van der Waals surface area (Å²) in [5.74, 6) is 2.27. The SMILES string of the molecule is CC(C)CC(C)C1c2ccc(O)cc2CCCC1(C)c1ccc(O)cc1. The number of phenols is 2. The van der Waals surface area contributed by atoms with Crippen LogP contribution in [0.5, 0.6) is 11.5 Å². The molecule has 26 heavy (non-hydrogen) atoms. The lowest BCUT2D eigenvalue weighted by molar-refractivity contribution is 0.249. The van der Waals surface area contributed by atoms with E-state index in [1.165, 1.54) is 23.1 Å². The molecule has 0 radical (unpaired) electrons. The summed E-state index contributed by atoms with van der Waals surface area (Å²) in [4.78, 5) is 0. The van der Waals surface area contributed by atoms with Crippen molar-refractivity contribution in [3.8, 4) is 11.5 Å². The Kier molecular flexibility index (Phi) is 5.32. The first-order valence-electron chi connectivity index (χ1n) is 9.92. The van der Waals surface area contributed by atoms with E-state index in [-0.39, 0.29) is 5.41 Å². The highest BCUT2D eigenvalue weighted by molar-refractivity contribution is 5.44. The summed E-state index contributed by atoms with van der Waals surface area (Å²) < 4.78 is 0. The van der Waals surface area contributed by atoms with Gasteiger partial charge in [0.25, 0.3) is 0 Å². The average molecular weight is 353 g/mol. The average Bonchev–Trinajstić information content (AvgIpc) is 2.71. The molecule has 0 heterocycles. The molecular formula is C24H32O2. The lowest BCUT2D eigenvalue weighted by Crippen LogP contribution is -2.34. The molecule has 0 aliphatic heterocycles. The Morgan fingerprint density at radius 3 is 2.31 bits per heavy atom. The van der Waals surface area contributed by atoms with Gasteiger partial charge in [0, 0.05) is 0 Å². The summed E-state index contributed by atoms with van der Waals surface area (Å²) >= 11 is 0. The molecule has 3 atom stereocenters. The number of aromatic hydroxyl groups is 2. The van der Waals surface area contributed by atoms with E-state index < -0.39 is 0 Å². The maximum atomic E-state index is 10.0. The van der Waals surface area contributed by atoms with Gasteiger partial charge in [-0.2, -0.15) is 0 Å². The van der Waals surface area contributed by atoms with E-state index in [9.17, 15) is 10.2 Å². The minimum absolute atomic E-state index is 0.0181. The lowest BCUT2D eigenvalue weighted by atomic mass is 9.62. The second-order valence-corrected chi connectivity index (χ2v) is 8.79. The maximum absolute atomic E-state index is 10.0. The van der Waals surface area contributed by atoms with Crippen LogP contribution >= 0.6 is 0 Å². The van der Waals surface area contributed by atoms with Crippen molar-refractivity contribution in [2.24, 2.45) is 11.8 Å². The van der Waals surface area contributed by atoms with Crippen molar-refractivity contribution in [3.05, 3.63) is 59.2 Å². The predicted octanol–water partition coefficient (Wildman–Crippen LogP) is 6.16. The first kappa shape index (κ1) is 18.8. The van der Waals surface area contributed by atoms with Crippen molar-refractivity contribution in [1.82, 2.24) is 0 Å². The van der Waals surface area contributed by atoms with E-state index >= 15 is 0 Å². The van der Waals surface area contributed by atoms with E-state index in [1.807, 2.05) is 24.3 Å². The number of hydrogen-bond donors (Lipinski definition) is 2. The Hall–Kier alpha value is -1.96. The molecule has 2 heteroatoms. The van der Waals surface area contributed by atoms with E-state index in [1.54, 1.807) is 0 Å². The third kappa shape index (κ3) is 3.60. The van der Waals surface area contributed by atoms with Crippen molar-refractivity contribution >= 4 is 0 Å². The summed E-state index contributed by atoms with van der Waals surface area (Å²) in [6.07, 6.45) is 4.42. The largest absolute Gasteiger partial charge is 0.508 e. The van der Waals surface area contributed by atoms with Gasteiger partial charge in [-0.1, -0.05) is 45.9 Å². The fourth-order valence-corrected chi connectivity index (χ4v) is 5.24. The lowest BCUT2D eigenvalue weighted by Gasteiger charge is -2.42. The van der Waals surface area contributed by atoms with Crippen LogP contribution in [0, 0.1) is 11.8 Å². The molecule has 3 rings (SSSR count). The Labute approximate surface area is 157 Å². The summed E-state index contributed by atoms with van der Waals surface area (Å²) in [6.45, 7) is 9.36. The van der Waals surface area contributed by atoms with Gasteiger partial charge < -0.3 is 10.2 Å². The number of phenolic OH excluding ortho intramolecular Hbond substituents is 2. The van der Waals surface area contributed by atoms with Crippen LogP contribution in [0.4, 0.5) is 0 Å². The van der Waals surface area contributed by atoms with Crippen molar-refractivity contribution in [2.75, 3.05) is 0 Å².